The molecule has 1 aromatic carbocycles. The molecule has 1 N–H and O–H groups in total. The molecule has 0 bridgehead atoms. The van der Waals surface area contributed by atoms with Crippen LogP contribution in [0.5, 0.6) is 0 Å². The van der Waals surface area contributed by atoms with Crippen LogP contribution in [0.4, 0.5) is 0 Å². The highest BCUT2D eigenvalue weighted by molar-refractivity contribution is 7.92. The van der Waals surface area contributed by atoms with Crippen LogP contribution >= 0.6 is 0 Å². The summed E-state index contributed by atoms with van der Waals surface area (Å²) in [5, 5.41) is 2.80. The predicted octanol–water partition coefficient (Wildman–Crippen LogP) is 1.16. The summed E-state index contributed by atoms with van der Waals surface area (Å²) in [5.41, 5.74) is 0.309. The third-order valence-electron chi connectivity index (χ3n) is 4.72. The lowest BCUT2D eigenvalue weighted by Gasteiger charge is -2.20. The quantitative estimate of drug-likeness (QED) is 0.907. The zero-order valence-corrected chi connectivity index (χ0v) is 13.8. The molecule has 0 aromatic heterocycles. The Morgan fingerprint density at radius 3 is 2.36 bits per heavy atom. The van der Waals surface area contributed by atoms with Crippen molar-refractivity contribution in [2.45, 2.75) is 24.0 Å². The summed E-state index contributed by atoms with van der Waals surface area (Å²) in [6, 6.07) is 6.57. The summed E-state index contributed by atoms with van der Waals surface area (Å²) in [4.78, 5) is 14.8. The lowest BCUT2D eigenvalue weighted by molar-refractivity contribution is 0.0778. The van der Waals surface area contributed by atoms with Gasteiger partial charge in [-0.1, -0.05) is 12.1 Å². The van der Waals surface area contributed by atoms with Gasteiger partial charge in [-0.25, -0.2) is 8.42 Å². The van der Waals surface area contributed by atoms with Crippen molar-refractivity contribution in [1.82, 2.24) is 10.2 Å². The lowest BCUT2D eigenvalue weighted by Crippen LogP contribution is -2.33. The van der Waals surface area contributed by atoms with Gasteiger partial charge in [0.25, 0.3) is 5.91 Å². The average Bonchev–Trinajstić information content (AvgIpc) is 3.07. The molecule has 0 unspecified atom stereocenters. The number of sulfone groups is 1. The van der Waals surface area contributed by atoms with Gasteiger partial charge < -0.3 is 10.2 Å². The van der Waals surface area contributed by atoms with E-state index in [1.165, 1.54) is 0 Å². The highest BCUT2D eigenvalue weighted by Gasteiger charge is 2.39. The van der Waals surface area contributed by atoms with E-state index in [4.69, 9.17) is 0 Å². The minimum absolute atomic E-state index is 0.158. The zero-order chi connectivity index (χ0) is 15.9. The Kier molecular flexibility index (Phi) is 3.99. The maximum absolute atomic E-state index is 12.8. The number of likely N-dealkylation sites (tertiary alicyclic amines) is 1. The van der Waals surface area contributed by atoms with Crippen molar-refractivity contribution >= 4 is 15.7 Å². The molecule has 5 nitrogen and oxygen atoms in total. The second-order valence-corrected chi connectivity index (χ2v) is 8.95. The topological polar surface area (TPSA) is 66.5 Å². The second-order valence-electron chi connectivity index (χ2n) is 6.48. The van der Waals surface area contributed by atoms with Crippen molar-refractivity contribution in [3.8, 4) is 0 Å². The minimum atomic E-state index is -3.46. The molecule has 120 valence electrons. The summed E-state index contributed by atoms with van der Waals surface area (Å²) >= 11 is 0. The van der Waals surface area contributed by atoms with Crippen LogP contribution in [0.2, 0.25) is 0 Å². The number of amides is 1. The molecule has 2 fully saturated rings. The maximum atomic E-state index is 12.8. The minimum Gasteiger partial charge on any atom is -0.338 e. The van der Waals surface area contributed by atoms with Crippen molar-refractivity contribution < 1.29 is 13.2 Å². The summed E-state index contributed by atoms with van der Waals surface area (Å²) < 4.78 is 25.0. The van der Waals surface area contributed by atoms with Gasteiger partial charge in [-0.3, -0.25) is 4.79 Å². The van der Waals surface area contributed by atoms with E-state index >= 15 is 0 Å². The Morgan fingerprint density at radius 2 is 1.77 bits per heavy atom. The van der Waals surface area contributed by atoms with Crippen molar-refractivity contribution in [3.05, 3.63) is 29.8 Å². The number of hydrogen-bond acceptors (Lipinski definition) is 4. The average molecular weight is 322 g/mol. The molecular weight excluding hydrogens is 300 g/mol. The number of carbonyl (C=O) groups excluding carboxylic acids is 1. The van der Waals surface area contributed by atoms with Crippen molar-refractivity contribution in [1.29, 1.82) is 0 Å². The van der Waals surface area contributed by atoms with Gasteiger partial charge in [-0.15, -0.1) is 0 Å². The Morgan fingerprint density at radius 1 is 1.18 bits per heavy atom. The summed E-state index contributed by atoms with van der Waals surface area (Å²) in [6.07, 6.45) is 0. The van der Waals surface area contributed by atoms with Crippen molar-refractivity contribution in [2.75, 3.05) is 26.2 Å². The molecule has 0 aliphatic carbocycles. The molecule has 6 heteroatoms. The van der Waals surface area contributed by atoms with E-state index in [1.54, 1.807) is 38.1 Å². The molecule has 2 aliphatic rings. The third kappa shape index (κ3) is 2.54. The summed E-state index contributed by atoms with van der Waals surface area (Å²) in [6.45, 7) is 6.60. The predicted molar refractivity (Wildman–Crippen MR) is 84.5 cm³/mol. The normalized spacial score (nSPS) is 24.8. The first-order valence-corrected chi connectivity index (χ1v) is 9.29. The first kappa shape index (κ1) is 15.5. The monoisotopic (exact) mass is 322 g/mol. The summed E-state index contributed by atoms with van der Waals surface area (Å²) in [7, 11) is -3.46. The molecule has 0 saturated carbocycles. The van der Waals surface area contributed by atoms with E-state index in [1.807, 2.05) is 4.90 Å². The van der Waals surface area contributed by atoms with Crippen LogP contribution in [0.1, 0.15) is 24.2 Å². The van der Waals surface area contributed by atoms with E-state index in [9.17, 15) is 13.2 Å². The van der Waals surface area contributed by atoms with Crippen LogP contribution in [0, 0.1) is 11.8 Å². The van der Waals surface area contributed by atoms with Gasteiger partial charge in [0.2, 0.25) is 0 Å². The second kappa shape index (κ2) is 5.66. The standard InChI is InChI=1S/C16H22N2O3S/c1-11(2)22(20,21)15-6-4-3-5-14(15)16(19)18-9-12-7-17-8-13(12)10-18/h3-6,11-13,17H,7-10H2,1-2H3/t12-,13+. The molecule has 1 amide bonds. The number of nitrogens with zero attached hydrogens (tertiary/aromatic N) is 1. The van der Waals surface area contributed by atoms with Crippen LogP contribution < -0.4 is 5.32 Å². The molecule has 1 aromatic rings. The number of benzene rings is 1. The third-order valence-corrected chi connectivity index (χ3v) is 6.93. The molecule has 0 radical (unpaired) electrons. The number of rotatable bonds is 3. The van der Waals surface area contributed by atoms with Crippen LogP contribution in [0.3, 0.4) is 0 Å². The first-order valence-electron chi connectivity index (χ1n) is 7.74. The smallest absolute Gasteiger partial charge is 0.255 e. The first-order chi connectivity index (χ1) is 10.4. The number of hydrogen-bond donors (Lipinski definition) is 1. The summed E-state index contributed by atoms with van der Waals surface area (Å²) in [5.74, 6) is 0.838. The van der Waals surface area contributed by atoms with Gasteiger partial charge in [0.1, 0.15) is 0 Å². The van der Waals surface area contributed by atoms with Gasteiger partial charge in [-0.2, -0.15) is 0 Å². The Balaban J connectivity index is 1.91. The fourth-order valence-electron chi connectivity index (χ4n) is 3.34. The van der Waals surface area contributed by atoms with E-state index in [2.05, 4.69) is 5.32 Å². The maximum Gasteiger partial charge on any atom is 0.255 e. The number of nitrogens with one attached hydrogen (secondary N) is 1. The Labute approximate surface area is 131 Å². The number of carbonyl (C=O) groups is 1. The van der Waals surface area contributed by atoms with Gasteiger partial charge in [-0.05, 0) is 37.8 Å². The van der Waals surface area contributed by atoms with E-state index in [0.717, 1.165) is 13.1 Å². The molecule has 2 atom stereocenters. The molecule has 2 saturated heterocycles. The zero-order valence-electron chi connectivity index (χ0n) is 13.0. The van der Waals surface area contributed by atoms with Crippen molar-refractivity contribution in [3.63, 3.8) is 0 Å². The van der Waals surface area contributed by atoms with Gasteiger partial charge in [0.15, 0.2) is 9.84 Å². The van der Waals surface area contributed by atoms with Gasteiger partial charge >= 0.3 is 0 Å². The van der Waals surface area contributed by atoms with Gasteiger partial charge in [0.05, 0.1) is 15.7 Å². The molecule has 3 rings (SSSR count). The van der Waals surface area contributed by atoms with Crippen molar-refractivity contribution in [2.24, 2.45) is 11.8 Å². The molecule has 22 heavy (non-hydrogen) atoms. The molecule has 0 spiro atoms. The lowest BCUT2D eigenvalue weighted by atomic mass is 10.0. The molecule has 2 aliphatic heterocycles. The van der Waals surface area contributed by atoms with Crippen LogP contribution in [-0.2, 0) is 9.84 Å². The van der Waals surface area contributed by atoms with E-state index in [-0.39, 0.29) is 10.8 Å². The van der Waals surface area contributed by atoms with Crippen LogP contribution in [0.15, 0.2) is 29.2 Å². The largest absolute Gasteiger partial charge is 0.338 e. The Hall–Kier alpha value is -1.40. The molecular formula is C16H22N2O3S. The van der Waals surface area contributed by atoms with E-state index in [0.29, 0.717) is 30.5 Å². The highest BCUT2D eigenvalue weighted by atomic mass is 32.2. The fraction of sp³-hybridized carbons (Fsp3) is 0.562. The van der Waals surface area contributed by atoms with E-state index < -0.39 is 15.1 Å². The SMILES string of the molecule is CC(C)S(=O)(=O)c1ccccc1C(=O)N1C[C@H]2CNC[C@H]2C1. The van der Waals surface area contributed by atoms with Gasteiger partial charge in [0, 0.05) is 26.2 Å². The number of fused-ring (bicyclic) bond motifs is 1. The Bertz CT molecular complexity index is 672. The van der Waals surface area contributed by atoms with Crippen LogP contribution in [0.25, 0.3) is 0 Å². The molecule has 2 heterocycles. The fourth-order valence-corrected chi connectivity index (χ4v) is 4.57. The van der Waals surface area contributed by atoms with Crippen LogP contribution in [-0.4, -0.2) is 50.7 Å². The highest BCUT2D eigenvalue weighted by Crippen LogP contribution is 2.29.